The first kappa shape index (κ1) is 22.3. The van der Waals surface area contributed by atoms with E-state index < -0.39 is 16.4 Å². The molecule has 0 radical (unpaired) electrons. The predicted molar refractivity (Wildman–Crippen MR) is 120 cm³/mol. The van der Waals surface area contributed by atoms with Crippen molar-refractivity contribution in [3.8, 4) is 0 Å². The van der Waals surface area contributed by atoms with Crippen LogP contribution in [0.5, 0.6) is 0 Å². The van der Waals surface area contributed by atoms with Crippen molar-refractivity contribution in [1.29, 1.82) is 0 Å². The number of nitrogens with zero attached hydrogens (tertiary/aromatic N) is 1. The average molecular weight is 488 g/mol. The third kappa shape index (κ3) is 3.58. The third-order valence-corrected chi connectivity index (χ3v) is 10.1. The van der Waals surface area contributed by atoms with Gasteiger partial charge in [-0.2, -0.15) is 0 Å². The Morgan fingerprint density at radius 3 is 2.39 bits per heavy atom. The molecule has 166 valence electrons. The van der Waals surface area contributed by atoms with Crippen LogP contribution < -0.4 is 4.46 Å². The van der Waals surface area contributed by atoms with Crippen molar-refractivity contribution in [1.82, 2.24) is 4.90 Å². The fourth-order valence-electron chi connectivity index (χ4n) is 5.19. The van der Waals surface area contributed by atoms with Crippen LogP contribution >= 0.6 is 0 Å². The molecule has 3 aliphatic rings. The summed E-state index contributed by atoms with van der Waals surface area (Å²) in [7, 11) is 0. The number of carbonyl (C=O) groups is 3. The first-order chi connectivity index (χ1) is 14.7. The number of amides is 1. The summed E-state index contributed by atoms with van der Waals surface area (Å²) in [5.74, 6) is -0.336. The van der Waals surface area contributed by atoms with E-state index in [1.807, 2.05) is 26.8 Å². The Morgan fingerprint density at radius 2 is 1.81 bits per heavy atom. The van der Waals surface area contributed by atoms with Crippen molar-refractivity contribution in [2.75, 3.05) is 6.54 Å². The zero-order valence-electron chi connectivity index (χ0n) is 18.6. The van der Waals surface area contributed by atoms with E-state index >= 15 is 0 Å². The number of rotatable bonds is 8. The molecule has 1 saturated heterocycles. The molecule has 6 heteroatoms. The molecule has 0 spiro atoms. The number of hydrogen-bond acceptors (Lipinski definition) is 4. The van der Waals surface area contributed by atoms with Gasteiger partial charge in [-0.25, -0.2) is 0 Å². The van der Waals surface area contributed by atoms with Gasteiger partial charge in [0.1, 0.15) is 0 Å². The van der Waals surface area contributed by atoms with E-state index in [4.69, 9.17) is 4.74 Å². The molecule has 4 rings (SSSR count). The number of allylic oxidation sites excluding steroid dienone is 2. The van der Waals surface area contributed by atoms with Gasteiger partial charge in [-0.05, 0) is 0 Å². The second kappa shape index (κ2) is 8.22. The number of carbonyl (C=O) groups excluding carboxylic acids is 3. The summed E-state index contributed by atoms with van der Waals surface area (Å²) < 4.78 is 7.23. The molecule has 2 bridgehead atoms. The summed E-state index contributed by atoms with van der Waals surface area (Å²) in [5, 5.41) is 1.11. The monoisotopic (exact) mass is 489 g/mol. The molecule has 0 unspecified atom stereocenters. The Bertz CT molecular complexity index is 925. The Balaban J connectivity index is 1.47. The standard InChI is InChI=1S/C25H31NO4Se/c1-23(2)24(3)13-14-25(23,30-22(24)29)21(28)26(18-11-12-19(27)17-18)15-7-8-16-31-20-9-5-4-6-10-20/h4-6,9-10,17H,7-8,11-16H2,1-3H3/t24-,25+/m0/s1. The molecule has 1 aromatic carbocycles. The van der Waals surface area contributed by atoms with Crippen molar-refractivity contribution in [3.05, 3.63) is 42.1 Å². The number of esters is 1. The normalized spacial score (nSPS) is 28.5. The van der Waals surface area contributed by atoms with E-state index in [-0.39, 0.29) is 17.7 Å². The van der Waals surface area contributed by atoms with Gasteiger partial charge >= 0.3 is 191 Å². The Labute approximate surface area is 190 Å². The molecule has 2 atom stereocenters. The van der Waals surface area contributed by atoms with Gasteiger partial charge in [-0.1, -0.05) is 0 Å². The van der Waals surface area contributed by atoms with Gasteiger partial charge in [0.05, 0.1) is 0 Å². The fraction of sp³-hybridized carbons (Fsp3) is 0.560. The molecule has 31 heavy (non-hydrogen) atoms. The van der Waals surface area contributed by atoms with Gasteiger partial charge in [0, 0.05) is 0 Å². The second-order valence-electron chi connectivity index (χ2n) is 9.60. The number of ketones is 1. The van der Waals surface area contributed by atoms with Crippen molar-refractivity contribution in [2.24, 2.45) is 10.8 Å². The summed E-state index contributed by atoms with van der Waals surface area (Å²) in [4.78, 5) is 40.3. The van der Waals surface area contributed by atoms with Crippen molar-refractivity contribution in [3.63, 3.8) is 0 Å². The van der Waals surface area contributed by atoms with E-state index in [1.165, 1.54) is 4.46 Å². The van der Waals surface area contributed by atoms with Crippen LogP contribution in [0.2, 0.25) is 5.32 Å². The molecular formula is C25H31NO4Se. The minimum absolute atomic E-state index is 0.0663. The molecular weight excluding hydrogens is 457 g/mol. The second-order valence-corrected chi connectivity index (χ2v) is 12.1. The van der Waals surface area contributed by atoms with Crippen LogP contribution in [-0.2, 0) is 19.1 Å². The number of unbranched alkanes of at least 4 members (excludes halogenated alkanes) is 1. The first-order valence-electron chi connectivity index (χ1n) is 11.2. The van der Waals surface area contributed by atoms with E-state index in [0.717, 1.165) is 23.9 Å². The van der Waals surface area contributed by atoms with Crippen molar-refractivity contribution >= 4 is 37.1 Å². The Morgan fingerprint density at radius 1 is 1.06 bits per heavy atom. The molecule has 1 aliphatic heterocycles. The molecule has 0 aromatic heterocycles. The molecule has 5 nitrogen and oxygen atoms in total. The van der Waals surface area contributed by atoms with Crippen molar-refractivity contribution < 1.29 is 19.1 Å². The van der Waals surface area contributed by atoms with Crippen LogP contribution in [0.3, 0.4) is 0 Å². The predicted octanol–water partition coefficient (Wildman–Crippen LogP) is 3.41. The van der Waals surface area contributed by atoms with Crippen LogP contribution in [-0.4, -0.2) is 49.7 Å². The molecule has 1 saturated carbocycles. The van der Waals surface area contributed by atoms with Crippen LogP contribution in [0.15, 0.2) is 42.1 Å². The van der Waals surface area contributed by atoms with Gasteiger partial charge < -0.3 is 0 Å². The topological polar surface area (TPSA) is 63.7 Å². The van der Waals surface area contributed by atoms with Gasteiger partial charge in [0.15, 0.2) is 0 Å². The molecule has 1 aromatic rings. The van der Waals surface area contributed by atoms with Crippen molar-refractivity contribution in [2.45, 2.75) is 70.2 Å². The van der Waals surface area contributed by atoms with Gasteiger partial charge in [0.25, 0.3) is 0 Å². The maximum absolute atomic E-state index is 13.9. The maximum atomic E-state index is 13.9. The van der Waals surface area contributed by atoms with Crippen LogP contribution in [0.4, 0.5) is 0 Å². The number of ether oxygens (including phenoxy) is 1. The first-order valence-corrected chi connectivity index (χ1v) is 13.2. The zero-order chi connectivity index (χ0) is 22.3. The summed E-state index contributed by atoms with van der Waals surface area (Å²) >= 11 is 0.424. The Kier molecular flexibility index (Phi) is 5.91. The zero-order valence-corrected chi connectivity index (χ0v) is 20.3. The molecule has 1 heterocycles. The van der Waals surface area contributed by atoms with Crippen LogP contribution in [0, 0.1) is 10.8 Å². The number of benzene rings is 1. The minimum atomic E-state index is -1.13. The molecule has 2 aliphatic carbocycles. The number of fused-ring (bicyclic) bond motifs is 2. The number of hydrogen-bond donors (Lipinski definition) is 0. The summed E-state index contributed by atoms with van der Waals surface area (Å²) in [6.07, 6.45) is 5.75. The van der Waals surface area contributed by atoms with Gasteiger partial charge in [-0.15, -0.1) is 0 Å². The van der Waals surface area contributed by atoms with Gasteiger partial charge in [-0.3, -0.25) is 0 Å². The molecule has 0 N–H and O–H groups in total. The summed E-state index contributed by atoms with van der Waals surface area (Å²) in [6.45, 7) is 6.45. The van der Waals surface area contributed by atoms with E-state index in [9.17, 15) is 14.4 Å². The average Bonchev–Trinajstić information content (AvgIpc) is 3.30. The van der Waals surface area contributed by atoms with Crippen LogP contribution in [0.25, 0.3) is 0 Å². The quantitative estimate of drug-likeness (QED) is 0.320. The third-order valence-electron chi connectivity index (χ3n) is 7.76. The van der Waals surface area contributed by atoms with E-state index in [0.29, 0.717) is 47.2 Å². The Hall–Kier alpha value is -1.91. The van der Waals surface area contributed by atoms with E-state index in [2.05, 4.69) is 24.3 Å². The van der Waals surface area contributed by atoms with Crippen LogP contribution in [0.1, 0.15) is 59.3 Å². The fourth-order valence-corrected chi connectivity index (χ4v) is 7.15. The molecule has 2 fully saturated rings. The summed E-state index contributed by atoms with van der Waals surface area (Å²) in [5.41, 5.74) is -1.55. The molecule has 1 amide bonds. The summed E-state index contributed by atoms with van der Waals surface area (Å²) in [6, 6.07) is 10.5. The van der Waals surface area contributed by atoms with Gasteiger partial charge in [0.2, 0.25) is 0 Å². The van der Waals surface area contributed by atoms with E-state index in [1.54, 1.807) is 11.0 Å². The SMILES string of the molecule is CC1(C)[C@@]2(C)CC[C@]1(C(=O)N(CCCC[Se]c1ccccc1)C1=CC(=O)CC1)OC2=O.